The minimum Gasteiger partial charge on any atom is -0.482 e. The van der Waals surface area contributed by atoms with Crippen LogP contribution in [0.3, 0.4) is 0 Å². The summed E-state index contributed by atoms with van der Waals surface area (Å²) >= 11 is 0. The molecule has 1 aliphatic rings. The number of aryl methyl sites for hydroxylation is 1. The number of carbonyl (C=O) groups is 3. The number of anilines is 1. The van der Waals surface area contributed by atoms with Crippen LogP contribution in [0.15, 0.2) is 36.9 Å². The Morgan fingerprint density at radius 1 is 1.37 bits per heavy atom. The topological polar surface area (TPSA) is 93.5 Å². The fourth-order valence-corrected chi connectivity index (χ4v) is 2.97. The van der Waals surface area contributed by atoms with E-state index in [1.807, 2.05) is 10.8 Å². The number of hydrogen-bond donors (Lipinski definition) is 1. The molecular weight excluding hydrogens is 348 g/mol. The third-order valence-electron chi connectivity index (χ3n) is 4.46. The van der Waals surface area contributed by atoms with E-state index >= 15 is 0 Å². The third-order valence-corrected chi connectivity index (χ3v) is 4.46. The van der Waals surface area contributed by atoms with Crippen LogP contribution in [-0.4, -0.2) is 46.3 Å². The van der Waals surface area contributed by atoms with E-state index in [1.165, 1.54) is 11.8 Å². The highest BCUT2D eigenvalue weighted by Gasteiger charge is 2.33. The fraction of sp³-hybridized carbons (Fsp3) is 0.368. The SMILES string of the molecule is CC(=O)c1ccc2c(c1)N(C(C)C(=O)NCCCn1ccnc1)C(=O)CO2. The molecule has 27 heavy (non-hydrogen) atoms. The molecule has 1 aromatic heterocycles. The molecule has 0 aliphatic carbocycles. The van der Waals surface area contributed by atoms with Crippen molar-refractivity contribution in [3.8, 4) is 5.75 Å². The van der Waals surface area contributed by atoms with E-state index in [0.29, 0.717) is 23.5 Å². The van der Waals surface area contributed by atoms with Crippen LogP contribution < -0.4 is 15.0 Å². The number of ether oxygens (including phenoxy) is 1. The lowest BCUT2D eigenvalue weighted by molar-refractivity contribution is -0.127. The third kappa shape index (κ3) is 4.16. The molecule has 0 fully saturated rings. The van der Waals surface area contributed by atoms with Crippen LogP contribution >= 0.6 is 0 Å². The predicted octanol–water partition coefficient (Wildman–Crippen LogP) is 1.41. The van der Waals surface area contributed by atoms with Crippen LogP contribution in [0.2, 0.25) is 0 Å². The largest absolute Gasteiger partial charge is 0.482 e. The van der Waals surface area contributed by atoms with E-state index in [2.05, 4.69) is 10.3 Å². The van der Waals surface area contributed by atoms with Crippen molar-refractivity contribution in [2.75, 3.05) is 18.1 Å². The Bertz CT molecular complexity index is 847. The average molecular weight is 370 g/mol. The number of aromatic nitrogens is 2. The van der Waals surface area contributed by atoms with E-state index in [-0.39, 0.29) is 24.2 Å². The summed E-state index contributed by atoms with van der Waals surface area (Å²) in [7, 11) is 0. The molecule has 8 heteroatoms. The second kappa shape index (κ2) is 8.03. The van der Waals surface area contributed by atoms with Gasteiger partial charge in [-0.15, -0.1) is 0 Å². The molecule has 0 saturated carbocycles. The first kappa shape index (κ1) is 18.6. The van der Waals surface area contributed by atoms with Crippen LogP contribution in [0.4, 0.5) is 5.69 Å². The fourth-order valence-electron chi connectivity index (χ4n) is 2.97. The van der Waals surface area contributed by atoms with Gasteiger partial charge in [-0.25, -0.2) is 4.98 Å². The first-order valence-electron chi connectivity index (χ1n) is 8.80. The summed E-state index contributed by atoms with van der Waals surface area (Å²) in [6, 6.07) is 4.19. The van der Waals surface area contributed by atoms with Crippen LogP contribution in [0.5, 0.6) is 5.75 Å². The summed E-state index contributed by atoms with van der Waals surface area (Å²) in [5.74, 6) is -0.203. The molecule has 2 heterocycles. The molecule has 0 spiro atoms. The molecule has 0 bridgehead atoms. The summed E-state index contributed by atoms with van der Waals surface area (Å²) in [4.78, 5) is 42.0. The zero-order valence-electron chi connectivity index (χ0n) is 15.3. The van der Waals surface area contributed by atoms with Crippen LogP contribution in [0.1, 0.15) is 30.6 Å². The number of benzene rings is 1. The predicted molar refractivity (Wildman–Crippen MR) is 98.7 cm³/mol. The Morgan fingerprint density at radius 2 is 2.19 bits per heavy atom. The minimum absolute atomic E-state index is 0.118. The maximum absolute atomic E-state index is 12.5. The van der Waals surface area contributed by atoms with Crippen LogP contribution in [0, 0.1) is 0 Å². The van der Waals surface area contributed by atoms with Crippen molar-refractivity contribution in [2.24, 2.45) is 0 Å². The van der Waals surface area contributed by atoms with E-state index in [1.54, 1.807) is 37.6 Å². The molecule has 1 N–H and O–H groups in total. The van der Waals surface area contributed by atoms with E-state index in [0.717, 1.165) is 13.0 Å². The lowest BCUT2D eigenvalue weighted by Gasteiger charge is -2.33. The zero-order chi connectivity index (χ0) is 19.4. The van der Waals surface area contributed by atoms with Gasteiger partial charge in [0.2, 0.25) is 5.91 Å². The van der Waals surface area contributed by atoms with Crippen molar-refractivity contribution in [2.45, 2.75) is 32.9 Å². The highest BCUT2D eigenvalue weighted by molar-refractivity contribution is 6.05. The van der Waals surface area contributed by atoms with E-state index < -0.39 is 6.04 Å². The monoisotopic (exact) mass is 370 g/mol. The Balaban J connectivity index is 1.67. The van der Waals surface area contributed by atoms with Gasteiger partial charge in [-0.2, -0.15) is 0 Å². The Hall–Kier alpha value is -3.16. The first-order chi connectivity index (χ1) is 13.0. The van der Waals surface area contributed by atoms with Gasteiger partial charge in [0, 0.05) is 31.0 Å². The summed E-state index contributed by atoms with van der Waals surface area (Å²) in [5, 5.41) is 2.86. The second-order valence-electron chi connectivity index (χ2n) is 6.41. The maximum atomic E-state index is 12.5. The second-order valence-corrected chi connectivity index (χ2v) is 6.41. The van der Waals surface area contributed by atoms with Gasteiger partial charge in [-0.05, 0) is 38.5 Å². The van der Waals surface area contributed by atoms with Crippen LogP contribution in [0.25, 0.3) is 0 Å². The molecule has 3 rings (SSSR count). The van der Waals surface area contributed by atoms with Gasteiger partial charge < -0.3 is 14.6 Å². The molecule has 0 radical (unpaired) electrons. The van der Waals surface area contributed by atoms with Crippen molar-refractivity contribution in [3.63, 3.8) is 0 Å². The van der Waals surface area contributed by atoms with E-state index in [4.69, 9.17) is 4.74 Å². The molecule has 142 valence electrons. The number of fused-ring (bicyclic) bond motifs is 1. The number of imidazole rings is 1. The van der Waals surface area contributed by atoms with Gasteiger partial charge in [0.15, 0.2) is 12.4 Å². The molecule has 8 nitrogen and oxygen atoms in total. The number of rotatable bonds is 7. The Kier molecular flexibility index (Phi) is 5.54. The quantitative estimate of drug-likeness (QED) is 0.587. The van der Waals surface area contributed by atoms with Crippen molar-refractivity contribution in [1.29, 1.82) is 0 Å². The van der Waals surface area contributed by atoms with Gasteiger partial charge in [0.25, 0.3) is 5.91 Å². The van der Waals surface area contributed by atoms with Crippen molar-refractivity contribution in [1.82, 2.24) is 14.9 Å². The molecule has 1 aromatic carbocycles. The van der Waals surface area contributed by atoms with Gasteiger partial charge in [0.05, 0.1) is 12.0 Å². The molecule has 1 atom stereocenters. The van der Waals surface area contributed by atoms with Crippen molar-refractivity contribution >= 4 is 23.3 Å². The van der Waals surface area contributed by atoms with Crippen molar-refractivity contribution < 1.29 is 19.1 Å². The minimum atomic E-state index is -0.712. The molecule has 2 amide bonds. The highest BCUT2D eigenvalue weighted by Crippen LogP contribution is 2.34. The number of amides is 2. The number of nitrogens with one attached hydrogen (secondary N) is 1. The number of Topliss-reactive ketones (excluding diaryl/α,β-unsaturated/α-hetero) is 1. The molecule has 0 saturated heterocycles. The van der Waals surface area contributed by atoms with Gasteiger partial charge in [0.1, 0.15) is 11.8 Å². The zero-order valence-corrected chi connectivity index (χ0v) is 15.3. The molecule has 1 aliphatic heterocycles. The van der Waals surface area contributed by atoms with Crippen molar-refractivity contribution in [3.05, 3.63) is 42.5 Å². The van der Waals surface area contributed by atoms with Gasteiger partial charge >= 0.3 is 0 Å². The molecule has 2 aromatic rings. The smallest absolute Gasteiger partial charge is 0.265 e. The highest BCUT2D eigenvalue weighted by atomic mass is 16.5. The summed E-state index contributed by atoms with van der Waals surface area (Å²) < 4.78 is 7.36. The summed E-state index contributed by atoms with van der Waals surface area (Å²) in [6.45, 7) is 4.22. The normalized spacial score (nSPS) is 14.3. The molecule has 1 unspecified atom stereocenters. The first-order valence-corrected chi connectivity index (χ1v) is 8.80. The van der Waals surface area contributed by atoms with Gasteiger partial charge in [-0.1, -0.05) is 0 Å². The number of ketones is 1. The summed E-state index contributed by atoms with van der Waals surface area (Å²) in [5.41, 5.74) is 0.907. The summed E-state index contributed by atoms with van der Waals surface area (Å²) in [6.07, 6.45) is 6.04. The average Bonchev–Trinajstić information content (AvgIpc) is 3.17. The number of carbonyl (C=O) groups excluding carboxylic acids is 3. The molecular formula is C19H22N4O4. The lowest BCUT2D eigenvalue weighted by Crippen LogP contribution is -2.51. The Morgan fingerprint density at radius 3 is 2.89 bits per heavy atom. The van der Waals surface area contributed by atoms with Crippen LogP contribution in [-0.2, 0) is 16.1 Å². The number of hydrogen-bond acceptors (Lipinski definition) is 5. The number of nitrogens with zero attached hydrogens (tertiary/aromatic N) is 3. The standard InChI is InChI=1S/C19H22N4O4/c1-13(19(26)21-6-3-8-22-9-7-20-12-22)23-16-10-15(14(2)24)4-5-17(16)27-11-18(23)25/h4-5,7,9-10,12-13H,3,6,8,11H2,1-2H3,(H,21,26). The maximum Gasteiger partial charge on any atom is 0.265 e. The van der Waals surface area contributed by atoms with Gasteiger partial charge in [-0.3, -0.25) is 19.3 Å². The lowest BCUT2D eigenvalue weighted by atomic mass is 10.1. The van der Waals surface area contributed by atoms with E-state index in [9.17, 15) is 14.4 Å². The Labute approximate surface area is 157 Å².